The van der Waals surface area contributed by atoms with Crippen LogP contribution in [0.1, 0.15) is 5.69 Å². The first-order valence-electron chi connectivity index (χ1n) is 3.70. The lowest BCUT2D eigenvalue weighted by Gasteiger charge is -2.08. The largest absolute Gasteiger partial charge is 0.574 e. The molecule has 0 bridgehead atoms. The summed E-state index contributed by atoms with van der Waals surface area (Å²) < 4.78 is 39.7. The molecule has 0 aliphatic heterocycles. The lowest BCUT2D eigenvalue weighted by Crippen LogP contribution is -2.18. The molecular weight excluding hydrogens is 324 g/mol. The molecule has 0 amide bonds. The van der Waals surface area contributed by atoms with Crippen molar-refractivity contribution in [2.45, 2.75) is 12.8 Å². The summed E-state index contributed by atoms with van der Waals surface area (Å²) in [6, 6.07) is 4.34. The fraction of sp³-hybridized carbons (Fsp3) is 0.250. The predicted octanol–water partition coefficient (Wildman–Crippen LogP) is 2.65. The van der Waals surface area contributed by atoms with Crippen molar-refractivity contribution in [2.24, 2.45) is 0 Å². The third kappa shape index (κ3) is 3.91. The van der Waals surface area contributed by atoms with Crippen molar-refractivity contribution in [1.29, 1.82) is 5.26 Å². The van der Waals surface area contributed by atoms with E-state index < -0.39 is 12.2 Å². The Hall–Kier alpha value is -1.04. The van der Waals surface area contributed by atoms with Gasteiger partial charge in [0, 0.05) is 9.64 Å². The van der Waals surface area contributed by atoms with Gasteiger partial charge in [0.15, 0.2) is 0 Å². The average Bonchev–Trinajstić information content (AvgIpc) is 2.09. The second-order valence-electron chi connectivity index (χ2n) is 2.46. The predicted molar refractivity (Wildman–Crippen MR) is 53.0 cm³/mol. The molecule has 0 saturated carbocycles. The number of rotatable bonds is 2. The second kappa shape index (κ2) is 4.65. The van der Waals surface area contributed by atoms with Crippen molar-refractivity contribution in [2.75, 3.05) is 0 Å². The number of alkyl halides is 3. The monoisotopic (exact) mass is 328 g/mol. The number of pyridine rings is 1. The molecule has 0 aromatic carbocycles. The van der Waals surface area contributed by atoms with Gasteiger partial charge in [0.05, 0.1) is 18.2 Å². The molecule has 3 nitrogen and oxygen atoms in total. The maximum absolute atomic E-state index is 11.8. The Morgan fingerprint density at radius 3 is 2.67 bits per heavy atom. The van der Waals surface area contributed by atoms with Gasteiger partial charge in [-0.2, -0.15) is 5.26 Å². The van der Waals surface area contributed by atoms with E-state index in [1.54, 1.807) is 0 Å². The van der Waals surface area contributed by atoms with Crippen LogP contribution < -0.4 is 4.74 Å². The molecule has 7 heteroatoms. The molecule has 0 saturated heterocycles. The zero-order valence-electron chi connectivity index (χ0n) is 7.18. The number of hydrogen-bond donors (Lipinski definition) is 0. The van der Waals surface area contributed by atoms with E-state index >= 15 is 0 Å². The minimum absolute atomic E-state index is 0.0483. The molecule has 0 aliphatic rings. The smallest absolute Gasteiger partial charge is 0.388 e. The standard InChI is InChI=1S/C8H4F3IN2O/c9-8(10,11)15-7-2-1-5(12)6(14-7)3-4-13/h1-2H,3H2. The van der Waals surface area contributed by atoms with Gasteiger partial charge in [0.2, 0.25) is 5.88 Å². The Morgan fingerprint density at radius 2 is 2.13 bits per heavy atom. The summed E-state index contributed by atoms with van der Waals surface area (Å²) >= 11 is 1.89. The summed E-state index contributed by atoms with van der Waals surface area (Å²) in [7, 11) is 0. The molecule has 1 rings (SSSR count). The summed E-state index contributed by atoms with van der Waals surface area (Å²) in [6.07, 6.45) is -4.81. The minimum atomic E-state index is -4.76. The number of aromatic nitrogens is 1. The maximum Gasteiger partial charge on any atom is 0.574 e. The molecule has 0 atom stereocenters. The van der Waals surface area contributed by atoms with Gasteiger partial charge in [-0.25, -0.2) is 4.98 Å². The first-order chi connectivity index (χ1) is 6.92. The van der Waals surface area contributed by atoms with Crippen LogP contribution >= 0.6 is 22.6 Å². The van der Waals surface area contributed by atoms with E-state index in [9.17, 15) is 13.2 Å². The highest BCUT2D eigenvalue weighted by molar-refractivity contribution is 14.1. The van der Waals surface area contributed by atoms with E-state index in [1.807, 2.05) is 28.7 Å². The van der Waals surface area contributed by atoms with Crippen molar-refractivity contribution in [3.63, 3.8) is 0 Å². The average molecular weight is 328 g/mol. The van der Waals surface area contributed by atoms with E-state index in [0.717, 1.165) is 6.07 Å². The summed E-state index contributed by atoms with van der Waals surface area (Å²) in [6.45, 7) is 0. The van der Waals surface area contributed by atoms with Crippen molar-refractivity contribution in [3.8, 4) is 11.9 Å². The highest BCUT2D eigenvalue weighted by atomic mass is 127. The Morgan fingerprint density at radius 1 is 1.47 bits per heavy atom. The highest BCUT2D eigenvalue weighted by Crippen LogP contribution is 2.22. The molecule has 1 heterocycles. The van der Waals surface area contributed by atoms with Gasteiger partial charge in [-0.05, 0) is 28.7 Å². The van der Waals surface area contributed by atoms with E-state index in [2.05, 4.69) is 9.72 Å². The molecular formula is C8H4F3IN2O. The van der Waals surface area contributed by atoms with Gasteiger partial charge in [-0.15, -0.1) is 13.2 Å². The minimum Gasteiger partial charge on any atom is -0.388 e. The van der Waals surface area contributed by atoms with Crippen LogP contribution in [0, 0.1) is 14.9 Å². The van der Waals surface area contributed by atoms with Gasteiger partial charge in [0.25, 0.3) is 0 Å². The Labute approximate surface area is 97.0 Å². The van der Waals surface area contributed by atoms with Crippen LogP contribution in [0.15, 0.2) is 12.1 Å². The fourth-order valence-electron chi connectivity index (χ4n) is 0.839. The van der Waals surface area contributed by atoms with E-state index in [1.165, 1.54) is 6.07 Å². The van der Waals surface area contributed by atoms with Crippen LogP contribution in [-0.2, 0) is 6.42 Å². The molecule has 0 unspecified atom stereocenters. The van der Waals surface area contributed by atoms with Gasteiger partial charge >= 0.3 is 6.36 Å². The molecule has 0 fully saturated rings. The number of hydrogen-bond acceptors (Lipinski definition) is 3. The molecule has 80 valence electrons. The third-order valence-corrected chi connectivity index (χ3v) is 2.34. The van der Waals surface area contributed by atoms with Crippen LogP contribution in [-0.4, -0.2) is 11.3 Å². The Bertz CT molecular complexity index is 400. The Balaban J connectivity index is 2.93. The lowest BCUT2D eigenvalue weighted by molar-refractivity contribution is -0.276. The van der Waals surface area contributed by atoms with Crippen molar-refractivity contribution >= 4 is 22.6 Å². The number of nitrogens with zero attached hydrogens (tertiary/aromatic N) is 2. The lowest BCUT2D eigenvalue weighted by atomic mass is 10.3. The number of nitriles is 1. The van der Waals surface area contributed by atoms with Gasteiger partial charge in [0.1, 0.15) is 0 Å². The SMILES string of the molecule is N#CCc1nc(OC(F)(F)F)ccc1I. The quantitative estimate of drug-likeness (QED) is 0.784. The topological polar surface area (TPSA) is 45.9 Å². The highest BCUT2D eigenvalue weighted by Gasteiger charge is 2.31. The molecule has 1 aromatic rings. The molecule has 15 heavy (non-hydrogen) atoms. The third-order valence-electron chi connectivity index (χ3n) is 1.36. The van der Waals surface area contributed by atoms with Crippen LogP contribution in [0.5, 0.6) is 5.88 Å². The second-order valence-corrected chi connectivity index (χ2v) is 3.62. The zero-order valence-corrected chi connectivity index (χ0v) is 9.33. The van der Waals surface area contributed by atoms with Crippen LogP contribution in [0.3, 0.4) is 0 Å². The Kier molecular flexibility index (Phi) is 3.73. The van der Waals surface area contributed by atoms with Crippen molar-refractivity contribution < 1.29 is 17.9 Å². The molecule has 0 aliphatic carbocycles. The maximum atomic E-state index is 11.8. The summed E-state index contributed by atoms with van der Waals surface area (Å²) in [5.74, 6) is -0.548. The molecule has 0 N–H and O–H groups in total. The molecule has 1 aromatic heterocycles. The fourth-order valence-corrected chi connectivity index (χ4v) is 1.33. The van der Waals surface area contributed by atoms with E-state index in [4.69, 9.17) is 5.26 Å². The number of ether oxygens (including phenoxy) is 1. The summed E-state index contributed by atoms with van der Waals surface area (Å²) in [5, 5.41) is 8.41. The first kappa shape index (κ1) is 12.0. The van der Waals surface area contributed by atoms with Gasteiger partial charge in [-0.1, -0.05) is 0 Å². The normalized spacial score (nSPS) is 10.9. The summed E-state index contributed by atoms with van der Waals surface area (Å²) in [5.41, 5.74) is 0.278. The van der Waals surface area contributed by atoms with Gasteiger partial charge < -0.3 is 4.74 Å². The van der Waals surface area contributed by atoms with Crippen LogP contribution in [0.2, 0.25) is 0 Å². The molecule has 0 radical (unpaired) electrons. The summed E-state index contributed by atoms with van der Waals surface area (Å²) in [4.78, 5) is 3.58. The van der Waals surface area contributed by atoms with E-state index in [-0.39, 0.29) is 12.1 Å². The van der Waals surface area contributed by atoms with Crippen molar-refractivity contribution in [3.05, 3.63) is 21.4 Å². The zero-order chi connectivity index (χ0) is 11.5. The van der Waals surface area contributed by atoms with Crippen LogP contribution in [0.25, 0.3) is 0 Å². The van der Waals surface area contributed by atoms with Crippen LogP contribution in [0.4, 0.5) is 13.2 Å². The number of halogens is 4. The van der Waals surface area contributed by atoms with Gasteiger partial charge in [-0.3, -0.25) is 0 Å². The molecule has 0 spiro atoms. The first-order valence-corrected chi connectivity index (χ1v) is 4.78. The van der Waals surface area contributed by atoms with E-state index in [0.29, 0.717) is 3.57 Å². The van der Waals surface area contributed by atoms with Crippen molar-refractivity contribution in [1.82, 2.24) is 4.98 Å².